The summed E-state index contributed by atoms with van der Waals surface area (Å²) in [5, 5.41) is 8.11. The average Bonchev–Trinajstić information content (AvgIpc) is 1.89. The minimum Gasteiger partial charge on any atom is -0.390 e. The Morgan fingerprint density at radius 2 is 1.90 bits per heavy atom. The molecule has 0 fully saturated rings. The molecule has 0 aromatic carbocycles. The zero-order valence-corrected chi connectivity index (χ0v) is 6.37. The summed E-state index contributed by atoms with van der Waals surface area (Å²) in [4.78, 5) is 0. The standard InChI is InChI=1S/C6H11ClF2O/c7-4-2-1-3-6(8,9)5-10/h10H,1-5H2. The Hall–Kier alpha value is 0.110. The molecule has 0 saturated heterocycles. The van der Waals surface area contributed by atoms with Gasteiger partial charge in [-0.3, -0.25) is 0 Å². The molecule has 0 aromatic rings. The Morgan fingerprint density at radius 1 is 1.30 bits per heavy atom. The van der Waals surface area contributed by atoms with Crippen molar-refractivity contribution in [2.75, 3.05) is 12.5 Å². The molecule has 0 heterocycles. The van der Waals surface area contributed by atoms with Crippen molar-refractivity contribution in [3.63, 3.8) is 0 Å². The molecule has 0 amide bonds. The summed E-state index contributed by atoms with van der Waals surface area (Å²) in [5.74, 6) is -2.51. The van der Waals surface area contributed by atoms with Gasteiger partial charge in [-0.15, -0.1) is 11.6 Å². The minimum absolute atomic E-state index is 0.268. The first-order valence-electron chi connectivity index (χ1n) is 3.17. The van der Waals surface area contributed by atoms with Gasteiger partial charge in [-0.1, -0.05) is 0 Å². The van der Waals surface area contributed by atoms with Crippen LogP contribution in [0, 0.1) is 0 Å². The zero-order valence-electron chi connectivity index (χ0n) is 5.62. The van der Waals surface area contributed by atoms with Crippen molar-refractivity contribution in [2.45, 2.75) is 25.2 Å². The van der Waals surface area contributed by atoms with Crippen LogP contribution in [0.3, 0.4) is 0 Å². The zero-order chi connectivity index (χ0) is 8.04. The summed E-state index contributed by atoms with van der Waals surface area (Å²) >= 11 is 5.27. The highest BCUT2D eigenvalue weighted by atomic mass is 35.5. The fraction of sp³-hybridized carbons (Fsp3) is 1.00. The first kappa shape index (κ1) is 10.1. The summed E-state index contributed by atoms with van der Waals surface area (Å²) in [6.07, 6.45) is 0.685. The van der Waals surface area contributed by atoms with E-state index < -0.39 is 12.5 Å². The Balaban J connectivity index is 3.28. The second-order valence-electron chi connectivity index (χ2n) is 2.16. The highest BCUT2D eigenvalue weighted by Crippen LogP contribution is 2.19. The van der Waals surface area contributed by atoms with Crippen molar-refractivity contribution in [1.29, 1.82) is 0 Å². The largest absolute Gasteiger partial charge is 0.390 e. The second kappa shape index (κ2) is 4.85. The van der Waals surface area contributed by atoms with Crippen molar-refractivity contribution in [3.05, 3.63) is 0 Å². The monoisotopic (exact) mass is 172 g/mol. The van der Waals surface area contributed by atoms with E-state index in [1.165, 1.54) is 0 Å². The van der Waals surface area contributed by atoms with E-state index in [9.17, 15) is 8.78 Å². The molecule has 1 nitrogen and oxygen atoms in total. The molecule has 0 aliphatic carbocycles. The number of hydrogen-bond donors (Lipinski definition) is 1. The molecule has 0 aromatic heterocycles. The molecule has 0 radical (unpaired) electrons. The molecule has 10 heavy (non-hydrogen) atoms. The quantitative estimate of drug-likeness (QED) is 0.497. The maximum absolute atomic E-state index is 12.2. The first-order valence-corrected chi connectivity index (χ1v) is 3.70. The van der Waals surface area contributed by atoms with Crippen molar-refractivity contribution >= 4 is 11.6 Å². The third kappa shape index (κ3) is 4.94. The predicted molar refractivity (Wildman–Crippen MR) is 36.6 cm³/mol. The van der Waals surface area contributed by atoms with Crippen LogP contribution in [0.1, 0.15) is 19.3 Å². The summed E-state index contributed by atoms with van der Waals surface area (Å²) in [7, 11) is 0. The van der Waals surface area contributed by atoms with Gasteiger partial charge in [0.05, 0.1) is 0 Å². The number of aliphatic hydroxyl groups excluding tert-OH is 1. The first-order chi connectivity index (χ1) is 4.62. The number of aliphatic hydroxyl groups is 1. The lowest BCUT2D eigenvalue weighted by Gasteiger charge is -2.11. The smallest absolute Gasteiger partial charge is 0.270 e. The Labute approximate surface area is 64.0 Å². The Morgan fingerprint density at radius 3 is 2.30 bits per heavy atom. The number of halogens is 3. The second-order valence-corrected chi connectivity index (χ2v) is 2.54. The molecular formula is C6H11ClF2O. The van der Waals surface area contributed by atoms with Crippen LogP contribution in [0.25, 0.3) is 0 Å². The molecule has 0 rings (SSSR count). The average molecular weight is 173 g/mol. The molecule has 0 unspecified atom stereocenters. The molecule has 0 spiro atoms. The number of hydrogen-bond acceptors (Lipinski definition) is 1. The molecule has 0 atom stereocenters. The summed E-state index contributed by atoms with van der Waals surface area (Å²) in [5.41, 5.74) is 0. The molecule has 0 bridgehead atoms. The highest BCUT2D eigenvalue weighted by Gasteiger charge is 2.26. The van der Waals surface area contributed by atoms with Gasteiger partial charge in [0.2, 0.25) is 0 Å². The third-order valence-corrected chi connectivity index (χ3v) is 1.42. The summed E-state index contributed by atoms with van der Waals surface area (Å²) in [6.45, 7) is -1.06. The predicted octanol–water partition coefficient (Wildman–Crippen LogP) is 2.02. The number of alkyl halides is 3. The van der Waals surface area contributed by atoms with Crippen LogP contribution in [0.5, 0.6) is 0 Å². The minimum atomic E-state index is -2.91. The maximum Gasteiger partial charge on any atom is 0.270 e. The van der Waals surface area contributed by atoms with E-state index in [-0.39, 0.29) is 6.42 Å². The molecule has 0 saturated carbocycles. The molecular weight excluding hydrogens is 162 g/mol. The third-order valence-electron chi connectivity index (χ3n) is 1.16. The van der Waals surface area contributed by atoms with Gasteiger partial charge in [-0.05, 0) is 12.8 Å². The lowest BCUT2D eigenvalue weighted by Crippen LogP contribution is -2.20. The van der Waals surface area contributed by atoms with Crippen molar-refractivity contribution in [3.8, 4) is 0 Å². The number of rotatable bonds is 5. The van der Waals surface area contributed by atoms with E-state index in [2.05, 4.69) is 0 Å². The normalized spacial score (nSPS) is 12.0. The molecule has 1 N–H and O–H groups in total. The van der Waals surface area contributed by atoms with Crippen LogP contribution < -0.4 is 0 Å². The number of unbranched alkanes of at least 4 members (excludes halogenated alkanes) is 1. The Bertz CT molecular complexity index is 87.8. The van der Waals surface area contributed by atoms with Gasteiger partial charge in [0.25, 0.3) is 5.92 Å². The topological polar surface area (TPSA) is 20.2 Å². The van der Waals surface area contributed by atoms with Crippen LogP contribution >= 0.6 is 11.6 Å². The molecule has 0 aliphatic heterocycles. The van der Waals surface area contributed by atoms with Crippen LogP contribution in [0.4, 0.5) is 8.78 Å². The fourth-order valence-electron chi connectivity index (χ4n) is 0.557. The van der Waals surface area contributed by atoms with Crippen LogP contribution in [-0.4, -0.2) is 23.5 Å². The fourth-order valence-corrected chi connectivity index (χ4v) is 0.746. The van der Waals surface area contributed by atoms with Crippen molar-refractivity contribution in [2.24, 2.45) is 0 Å². The van der Waals surface area contributed by atoms with Gasteiger partial charge >= 0.3 is 0 Å². The molecule has 62 valence electrons. The van der Waals surface area contributed by atoms with Gasteiger partial charge < -0.3 is 5.11 Å². The van der Waals surface area contributed by atoms with Crippen LogP contribution in [0.15, 0.2) is 0 Å². The van der Waals surface area contributed by atoms with E-state index in [0.29, 0.717) is 18.7 Å². The van der Waals surface area contributed by atoms with Crippen LogP contribution in [0.2, 0.25) is 0 Å². The maximum atomic E-state index is 12.2. The van der Waals surface area contributed by atoms with E-state index >= 15 is 0 Å². The van der Waals surface area contributed by atoms with Gasteiger partial charge in [0, 0.05) is 12.3 Å². The summed E-state index contributed by atoms with van der Waals surface area (Å²) in [6, 6.07) is 0. The van der Waals surface area contributed by atoms with E-state index in [4.69, 9.17) is 16.7 Å². The van der Waals surface area contributed by atoms with Gasteiger partial charge in [-0.25, -0.2) is 8.78 Å². The Kier molecular flexibility index (Phi) is 4.91. The van der Waals surface area contributed by atoms with E-state index in [1.54, 1.807) is 0 Å². The summed E-state index contributed by atoms with van der Waals surface area (Å²) < 4.78 is 24.4. The SMILES string of the molecule is OCC(F)(F)CCCCCl. The van der Waals surface area contributed by atoms with Crippen LogP contribution in [-0.2, 0) is 0 Å². The van der Waals surface area contributed by atoms with E-state index in [1.807, 2.05) is 0 Å². The van der Waals surface area contributed by atoms with Crippen molar-refractivity contribution in [1.82, 2.24) is 0 Å². The van der Waals surface area contributed by atoms with Gasteiger partial charge in [0.1, 0.15) is 6.61 Å². The lowest BCUT2D eigenvalue weighted by atomic mass is 10.1. The van der Waals surface area contributed by atoms with Gasteiger partial charge in [-0.2, -0.15) is 0 Å². The highest BCUT2D eigenvalue weighted by molar-refractivity contribution is 6.17. The van der Waals surface area contributed by atoms with Crippen molar-refractivity contribution < 1.29 is 13.9 Å². The molecule has 0 aliphatic rings. The van der Waals surface area contributed by atoms with Gasteiger partial charge in [0.15, 0.2) is 0 Å². The van der Waals surface area contributed by atoms with E-state index in [0.717, 1.165) is 0 Å². The molecule has 4 heteroatoms. The lowest BCUT2D eigenvalue weighted by molar-refractivity contribution is -0.0575.